The van der Waals surface area contributed by atoms with Crippen molar-refractivity contribution in [3.05, 3.63) is 5.82 Å². The molecule has 1 rings (SSSR count). The van der Waals surface area contributed by atoms with Crippen LogP contribution in [0.4, 0.5) is 4.79 Å². The maximum atomic E-state index is 11.2. The highest BCUT2D eigenvalue weighted by Crippen LogP contribution is 1.90. The van der Waals surface area contributed by atoms with E-state index in [1.807, 2.05) is 0 Å². The minimum atomic E-state index is -1.07. The predicted octanol–water partition coefficient (Wildman–Crippen LogP) is -1.14. The van der Waals surface area contributed by atoms with Crippen LogP contribution in [-0.4, -0.2) is 43.8 Å². The first-order chi connectivity index (χ1) is 7.63. The maximum absolute atomic E-state index is 11.2. The minimum Gasteiger partial charge on any atom is -0.480 e. The number of nitrogens with one attached hydrogen (secondary N) is 3. The number of aliphatic carboxylic acids is 1. The van der Waals surface area contributed by atoms with E-state index in [2.05, 4.69) is 31.3 Å². The molecule has 4 N–H and O–H groups in total. The molecule has 1 heterocycles. The summed E-state index contributed by atoms with van der Waals surface area (Å²) in [5, 5.41) is 26.2. The first-order valence-corrected chi connectivity index (χ1v) is 4.63. The Morgan fingerprint density at radius 2 is 2.31 bits per heavy atom. The van der Waals surface area contributed by atoms with Crippen molar-refractivity contribution in [2.24, 2.45) is 0 Å². The number of carbonyl (C=O) groups excluding carboxylic acids is 1. The molecule has 0 aromatic carbocycles. The number of hydrogen-bond donors (Lipinski definition) is 4. The molecule has 0 unspecified atom stereocenters. The molecule has 0 saturated carbocycles. The molecule has 9 heteroatoms. The standard InChI is InChI=1S/C7H12N6O3/c1-2-4(6(14)15)9-7(16)8-3-5-10-12-13-11-5/h4H,2-3H2,1H3,(H,14,15)(H2,8,9,16)(H,10,11,12,13)/t4-/m0/s1. The van der Waals surface area contributed by atoms with Crippen LogP contribution in [0.25, 0.3) is 0 Å². The molecule has 88 valence electrons. The van der Waals surface area contributed by atoms with E-state index in [4.69, 9.17) is 5.11 Å². The van der Waals surface area contributed by atoms with Crippen LogP contribution in [0.3, 0.4) is 0 Å². The number of aromatic amines is 1. The first-order valence-electron chi connectivity index (χ1n) is 4.63. The average molecular weight is 228 g/mol. The molecule has 0 aliphatic carbocycles. The zero-order valence-corrected chi connectivity index (χ0v) is 8.60. The highest BCUT2D eigenvalue weighted by Gasteiger charge is 2.17. The number of amides is 2. The molecule has 2 amide bonds. The molecular weight excluding hydrogens is 216 g/mol. The van der Waals surface area contributed by atoms with Gasteiger partial charge in [0.15, 0.2) is 5.82 Å². The van der Waals surface area contributed by atoms with Crippen molar-refractivity contribution < 1.29 is 14.7 Å². The van der Waals surface area contributed by atoms with E-state index >= 15 is 0 Å². The summed E-state index contributed by atoms with van der Waals surface area (Å²) in [7, 11) is 0. The number of carboxylic acid groups (broad SMARTS) is 1. The van der Waals surface area contributed by atoms with Crippen molar-refractivity contribution in [2.75, 3.05) is 0 Å². The lowest BCUT2D eigenvalue weighted by Crippen LogP contribution is -2.45. The summed E-state index contributed by atoms with van der Waals surface area (Å²) in [5.41, 5.74) is 0. The van der Waals surface area contributed by atoms with E-state index in [1.165, 1.54) is 0 Å². The van der Waals surface area contributed by atoms with Crippen LogP contribution in [0.1, 0.15) is 19.2 Å². The summed E-state index contributed by atoms with van der Waals surface area (Å²) in [6, 6.07) is -1.48. The fraction of sp³-hybridized carbons (Fsp3) is 0.571. The van der Waals surface area contributed by atoms with Gasteiger partial charge in [0.05, 0.1) is 6.54 Å². The zero-order valence-electron chi connectivity index (χ0n) is 8.60. The second-order valence-electron chi connectivity index (χ2n) is 2.95. The van der Waals surface area contributed by atoms with Crippen LogP contribution in [-0.2, 0) is 11.3 Å². The van der Waals surface area contributed by atoms with Gasteiger partial charge < -0.3 is 15.7 Å². The number of H-pyrrole nitrogens is 1. The van der Waals surface area contributed by atoms with Crippen molar-refractivity contribution >= 4 is 12.0 Å². The van der Waals surface area contributed by atoms with Gasteiger partial charge in [0.2, 0.25) is 0 Å². The van der Waals surface area contributed by atoms with E-state index < -0.39 is 18.0 Å². The van der Waals surface area contributed by atoms with Crippen LogP contribution in [0.5, 0.6) is 0 Å². The van der Waals surface area contributed by atoms with Gasteiger partial charge in [-0.15, -0.1) is 10.2 Å². The summed E-state index contributed by atoms with van der Waals surface area (Å²) < 4.78 is 0. The Morgan fingerprint density at radius 1 is 1.56 bits per heavy atom. The van der Waals surface area contributed by atoms with E-state index in [0.717, 1.165) is 0 Å². The van der Waals surface area contributed by atoms with Gasteiger partial charge in [-0.05, 0) is 6.42 Å². The van der Waals surface area contributed by atoms with Crippen molar-refractivity contribution in [1.82, 2.24) is 31.3 Å². The maximum Gasteiger partial charge on any atom is 0.326 e. The summed E-state index contributed by atoms with van der Waals surface area (Å²) in [4.78, 5) is 21.9. The van der Waals surface area contributed by atoms with E-state index in [9.17, 15) is 9.59 Å². The molecule has 1 aromatic rings. The predicted molar refractivity (Wildman–Crippen MR) is 51.3 cm³/mol. The third-order valence-corrected chi connectivity index (χ3v) is 1.81. The van der Waals surface area contributed by atoms with E-state index in [0.29, 0.717) is 12.2 Å². The molecule has 0 saturated heterocycles. The van der Waals surface area contributed by atoms with Gasteiger partial charge in [-0.2, -0.15) is 5.21 Å². The Labute approximate surface area is 90.6 Å². The molecule has 16 heavy (non-hydrogen) atoms. The molecule has 1 aromatic heterocycles. The molecule has 0 radical (unpaired) electrons. The van der Waals surface area contributed by atoms with Crippen molar-refractivity contribution in [1.29, 1.82) is 0 Å². The lowest BCUT2D eigenvalue weighted by atomic mass is 10.2. The van der Waals surface area contributed by atoms with Gasteiger partial charge in [0.1, 0.15) is 6.04 Å². The van der Waals surface area contributed by atoms with Crippen LogP contribution in [0.2, 0.25) is 0 Å². The van der Waals surface area contributed by atoms with Gasteiger partial charge in [-0.25, -0.2) is 9.59 Å². The number of nitrogens with zero attached hydrogens (tertiary/aromatic N) is 3. The minimum absolute atomic E-state index is 0.0817. The number of urea groups is 1. The van der Waals surface area contributed by atoms with Crippen LogP contribution in [0.15, 0.2) is 0 Å². The molecule has 0 fully saturated rings. The summed E-state index contributed by atoms with van der Waals surface area (Å²) in [5.74, 6) is -0.754. The molecule has 9 nitrogen and oxygen atoms in total. The third-order valence-electron chi connectivity index (χ3n) is 1.81. The van der Waals surface area contributed by atoms with E-state index in [-0.39, 0.29) is 6.54 Å². The molecule has 0 spiro atoms. The zero-order chi connectivity index (χ0) is 12.0. The Bertz CT molecular complexity index is 351. The van der Waals surface area contributed by atoms with Crippen molar-refractivity contribution in [3.63, 3.8) is 0 Å². The number of carboxylic acids is 1. The third kappa shape index (κ3) is 3.52. The number of tetrazole rings is 1. The summed E-state index contributed by atoms with van der Waals surface area (Å²) in [6.07, 6.45) is 0.310. The van der Waals surface area contributed by atoms with Crippen LogP contribution >= 0.6 is 0 Å². The Balaban J connectivity index is 2.33. The molecular formula is C7H12N6O3. The van der Waals surface area contributed by atoms with Gasteiger partial charge in [0, 0.05) is 0 Å². The topological polar surface area (TPSA) is 133 Å². The SMILES string of the molecule is CC[C@H](NC(=O)NCc1nn[nH]n1)C(=O)O. The number of rotatable bonds is 5. The molecule has 0 bridgehead atoms. The van der Waals surface area contributed by atoms with Gasteiger partial charge in [0.25, 0.3) is 0 Å². The smallest absolute Gasteiger partial charge is 0.326 e. The van der Waals surface area contributed by atoms with Crippen molar-refractivity contribution in [2.45, 2.75) is 25.9 Å². The second kappa shape index (κ2) is 5.63. The Kier molecular flexibility index (Phi) is 4.18. The average Bonchev–Trinajstić information content (AvgIpc) is 2.75. The highest BCUT2D eigenvalue weighted by atomic mass is 16.4. The molecule has 0 aliphatic rings. The Morgan fingerprint density at radius 3 is 2.81 bits per heavy atom. The first kappa shape index (κ1) is 11.9. The fourth-order valence-corrected chi connectivity index (χ4v) is 0.964. The van der Waals surface area contributed by atoms with E-state index in [1.54, 1.807) is 6.92 Å². The summed E-state index contributed by atoms with van der Waals surface area (Å²) >= 11 is 0. The largest absolute Gasteiger partial charge is 0.480 e. The monoisotopic (exact) mass is 228 g/mol. The van der Waals surface area contributed by atoms with Gasteiger partial charge in [-0.3, -0.25) is 0 Å². The van der Waals surface area contributed by atoms with Crippen molar-refractivity contribution in [3.8, 4) is 0 Å². The fourth-order valence-electron chi connectivity index (χ4n) is 0.964. The van der Waals surface area contributed by atoms with Gasteiger partial charge in [-0.1, -0.05) is 12.1 Å². The number of aromatic nitrogens is 4. The lowest BCUT2D eigenvalue weighted by Gasteiger charge is -2.12. The normalized spacial score (nSPS) is 11.8. The molecule has 1 atom stereocenters. The highest BCUT2D eigenvalue weighted by molar-refractivity contribution is 5.82. The second-order valence-corrected chi connectivity index (χ2v) is 2.95. The molecule has 0 aliphatic heterocycles. The quantitative estimate of drug-likeness (QED) is 0.503. The van der Waals surface area contributed by atoms with Crippen LogP contribution < -0.4 is 10.6 Å². The Hall–Kier alpha value is -2.19. The number of carbonyl (C=O) groups is 2. The summed E-state index contributed by atoms with van der Waals surface area (Å²) in [6.45, 7) is 1.75. The van der Waals surface area contributed by atoms with Gasteiger partial charge >= 0.3 is 12.0 Å². The van der Waals surface area contributed by atoms with Crippen LogP contribution in [0, 0.1) is 0 Å². The number of hydrogen-bond acceptors (Lipinski definition) is 5. The lowest BCUT2D eigenvalue weighted by molar-refractivity contribution is -0.139.